The van der Waals surface area contributed by atoms with Gasteiger partial charge in [-0.3, -0.25) is 14.6 Å². The number of benzene rings is 1. The second-order valence-corrected chi connectivity index (χ2v) is 5.85. The number of aromatic nitrogens is 2. The fourth-order valence-corrected chi connectivity index (χ4v) is 3.11. The molecule has 0 radical (unpaired) electrons. The number of ether oxygens (including phenoxy) is 2. The highest BCUT2D eigenvalue weighted by molar-refractivity contribution is 5.92. The zero-order valence-electron chi connectivity index (χ0n) is 14.0. The van der Waals surface area contributed by atoms with Crippen LogP contribution in [0.25, 0.3) is 0 Å². The van der Waals surface area contributed by atoms with E-state index < -0.39 is 11.2 Å². The van der Waals surface area contributed by atoms with Crippen LogP contribution in [0.15, 0.2) is 33.9 Å². The molecule has 0 spiro atoms. The molecule has 0 bridgehead atoms. The maximum atomic E-state index is 12.6. The minimum Gasteiger partial charge on any atom is -0.497 e. The Kier molecular flexibility index (Phi) is 4.60. The minimum atomic E-state index is -0.693. The van der Waals surface area contributed by atoms with Gasteiger partial charge in [0.25, 0.3) is 11.5 Å². The van der Waals surface area contributed by atoms with E-state index in [0.717, 1.165) is 29.5 Å². The van der Waals surface area contributed by atoms with Crippen LogP contribution in [0.4, 0.5) is 0 Å². The summed E-state index contributed by atoms with van der Waals surface area (Å²) in [4.78, 5) is 41.3. The third kappa shape index (κ3) is 3.42. The van der Waals surface area contributed by atoms with Crippen molar-refractivity contribution in [3.05, 3.63) is 56.4 Å². The first kappa shape index (κ1) is 16.8. The highest BCUT2D eigenvalue weighted by Crippen LogP contribution is 2.36. The number of nitrogens with zero attached hydrogens (tertiary/aromatic N) is 1. The Hall–Kier alpha value is -3.03. The quantitative estimate of drug-likeness (QED) is 0.849. The number of amides is 1. The summed E-state index contributed by atoms with van der Waals surface area (Å²) in [7, 11) is 3.20. The lowest BCUT2D eigenvalue weighted by molar-refractivity contribution is 0.0784. The second-order valence-electron chi connectivity index (χ2n) is 5.85. The average Bonchev–Trinajstić information content (AvgIpc) is 3.09. The van der Waals surface area contributed by atoms with Gasteiger partial charge >= 0.3 is 5.69 Å². The molecule has 1 amide bonds. The smallest absolute Gasteiger partial charge is 0.326 e. The maximum Gasteiger partial charge on any atom is 0.326 e. The van der Waals surface area contributed by atoms with Crippen molar-refractivity contribution in [3.63, 3.8) is 0 Å². The van der Waals surface area contributed by atoms with E-state index in [-0.39, 0.29) is 17.5 Å². The van der Waals surface area contributed by atoms with E-state index in [9.17, 15) is 14.4 Å². The fraction of sp³-hybridized carbons (Fsp3) is 0.353. The van der Waals surface area contributed by atoms with Gasteiger partial charge in [0.05, 0.1) is 14.2 Å². The van der Waals surface area contributed by atoms with Crippen LogP contribution < -0.4 is 20.7 Å². The first-order chi connectivity index (χ1) is 12.0. The van der Waals surface area contributed by atoms with Crippen molar-refractivity contribution in [1.29, 1.82) is 0 Å². The Morgan fingerprint density at radius 1 is 1.16 bits per heavy atom. The van der Waals surface area contributed by atoms with Crippen LogP contribution in [0.5, 0.6) is 11.5 Å². The third-order valence-corrected chi connectivity index (χ3v) is 4.34. The van der Waals surface area contributed by atoms with Gasteiger partial charge in [0.2, 0.25) is 0 Å². The molecule has 25 heavy (non-hydrogen) atoms. The van der Waals surface area contributed by atoms with Gasteiger partial charge in [-0.15, -0.1) is 0 Å². The molecule has 1 aliphatic rings. The van der Waals surface area contributed by atoms with Gasteiger partial charge in [-0.25, -0.2) is 4.79 Å². The fourth-order valence-electron chi connectivity index (χ4n) is 3.11. The van der Waals surface area contributed by atoms with Crippen molar-refractivity contribution in [2.45, 2.75) is 12.3 Å². The Labute approximate surface area is 143 Å². The summed E-state index contributed by atoms with van der Waals surface area (Å²) in [5.41, 5.74) is -0.332. The molecule has 8 nitrogen and oxygen atoms in total. The summed E-state index contributed by atoms with van der Waals surface area (Å²) < 4.78 is 10.7. The maximum absolute atomic E-state index is 12.6. The largest absolute Gasteiger partial charge is 0.497 e. The van der Waals surface area contributed by atoms with Gasteiger partial charge in [0.1, 0.15) is 17.2 Å². The van der Waals surface area contributed by atoms with E-state index in [1.807, 2.05) is 18.2 Å². The van der Waals surface area contributed by atoms with Gasteiger partial charge < -0.3 is 19.4 Å². The number of methoxy groups -OCH3 is 2. The number of hydrogen-bond donors (Lipinski definition) is 2. The molecule has 1 fully saturated rings. The van der Waals surface area contributed by atoms with Crippen molar-refractivity contribution in [1.82, 2.24) is 14.9 Å². The van der Waals surface area contributed by atoms with Crippen molar-refractivity contribution in [2.75, 3.05) is 27.3 Å². The summed E-state index contributed by atoms with van der Waals surface area (Å²) in [6, 6.07) is 6.67. The average molecular weight is 345 g/mol. The van der Waals surface area contributed by atoms with Crippen molar-refractivity contribution in [2.24, 2.45) is 0 Å². The van der Waals surface area contributed by atoms with E-state index in [2.05, 4.69) is 9.97 Å². The van der Waals surface area contributed by atoms with E-state index in [1.54, 1.807) is 19.1 Å². The Morgan fingerprint density at radius 2 is 1.96 bits per heavy atom. The summed E-state index contributed by atoms with van der Waals surface area (Å²) in [6.45, 7) is 0.996. The van der Waals surface area contributed by atoms with E-state index >= 15 is 0 Å². The third-order valence-electron chi connectivity index (χ3n) is 4.34. The number of hydrogen-bond acceptors (Lipinski definition) is 5. The van der Waals surface area contributed by atoms with Crippen LogP contribution in [0.3, 0.4) is 0 Å². The lowest BCUT2D eigenvalue weighted by Crippen LogP contribution is -2.33. The first-order valence-electron chi connectivity index (χ1n) is 7.86. The molecule has 0 aliphatic carbocycles. The molecule has 8 heteroatoms. The highest BCUT2D eigenvalue weighted by Gasteiger charge is 2.30. The summed E-state index contributed by atoms with van der Waals surface area (Å²) >= 11 is 0. The molecule has 1 atom stereocenters. The molecule has 1 aliphatic heterocycles. The topological polar surface area (TPSA) is 104 Å². The molecule has 1 aromatic heterocycles. The Morgan fingerprint density at radius 3 is 2.64 bits per heavy atom. The first-order valence-corrected chi connectivity index (χ1v) is 7.86. The normalized spacial score (nSPS) is 16.7. The predicted molar refractivity (Wildman–Crippen MR) is 90.5 cm³/mol. The molecule has 0 saturated carbocycles. The molecule has 3 rings (SSSR count). The van der Waals surface area contributed by atoms with Crippen LogP contribution in [-0.2, 0) is 0 Å². The molecular weight excluding hydrogens is 326 g/mol. The van der Waals surface area contributed by atoms with Gasteiger partial charge in [-0.1, -0.05) is 0 Å². The Bertz CT molecular complexity index is 873. The monoisotopic (exact) mass is 345 g/mol. The molecule has 2 aromatic rings. The number of nitrogens with one attached hydrogen (secondary N) is 2. The second kappa shape index (κ2) is 6.84. The minimum absolute atomic E-state index is 0.00740. The summed E-state index contributed by atoms with van der Waals surface area (Å²) in [6.07, 6.45) is 0.753. The number of aromatic amines is 2. The van der Waals surface area contributed by atoms with E-state index in [0.29, 0.717) is 13.1 Å². The lowest BCUT2D eigenvalue weighted by atomic mass is 9.97. The van der Waals surface area contributed by atoms with E-state index in [4.69, 9.17) is 9.47 Å². The standard InChI is InChI=1S/C17H19N3O5/c1-24-11-3-4-14(25-2)12(7-11)10-5-6-20(9-10)16(22)13-8-15(21)19-17(23)18-13/h3-4,7-8,10H,5-6,9H2,1-2H3,(H2,18,19,21,23)/t10-/m1/s1. The molecule has 132 valence electrons. The van der Waals surface area contributed by atoms with Gasteiger partial charge in [0, 0.05) is 30.6 Å². The SMILES string of the molecule is COc1ccc(OC)c([C@@H]2CCN(C(=O)c3cc(=O)[nH]c(=O)[nH]3)C2)c1. The summed E-state index contributed by atoms with van der Waals surface area (Å²) in [5.74, 6) is 1.18. The van der Waals surface area contributed by atoms with Gasteiger partial charge in [0.15, 0.2) is 0 Å². The lowest BCUT2D eigenvalue weighted by Gasteiger charge is -2.18. The number of rotatable bonds is 4. The van der Waals surface area contributed by atoms with Crippen LogP contribution in [-0.4, -0.2) is 48.1 Å². The molecular formula is C17H19N3O5. The molecule has 2 heterocycles. The molecule has 1 saturated heterocycles. The van der Waals surface area contributed by atoms with Crippen molar-refractivity contribution in [3.8, 4) is 11.5 Å². The van der Waals surface area contributed by atoms with Crippen LogP contribution >= 0.6 is 0 Å². The molecule has 0 unspecified atom stereocenters. The zero-order valence-corrected chi connectivity index (χ0v) is 14.0. The van der Waals surface area contributed by atoms with Crippen LogP contribution in [0, 0.1) is 0 Å². The van der Waals surface area contributed by atoms with Gasteiger partial charge in [-0.05, 0) is 24.6 Å². The van der Waals surface area contributed by atoms with E-state index in [1.165, 1.54) is 0 Å². The zero-order chi connectivity index (χ0) is 18.0. The predicted octanol–water partition coefficient (Wildman–Crippen LogP) is 0.710. The van der Waals surface area contributed by atoms with Crippen LogP contribution in [0.1, 0.15) is 28.4 Å². The van der Waals surface area contributed by atoms with Crippen molar-refractivity contribution < 1.29 is 14.3 Å². The molecule has 1 aromatic carbocycles. The van der Waals surface area contributed by atoms with Crippen molar-refractivity contribution >= 4 is 5.91 Å². The number of carbonyl (C=O) groups excluding carboxylic acids is 1. The highest BCUT2D eigenvalue weighted by atomic mass is 16.5. The van der Waals surface area contributed by atoms with Gasteiger partial charge in [-0.2, -0.15) is 0 Å². The Balaban J connectivity index is 1.83. The number of carbonyl (C=O) groups is 1. The number of likely N-dealkylation sites (tertiary alicyclic amines) is 1. The van der Waals surface area contributed by atoms with Crippen LogP contribution in [0.2, 0.25) is 0 Å². The summed E-state index contributed by atoms with van der Waals surface area (Å²) in [5, 5.41) is 0. The number of H-pyrrole nitrogens is 2. The molecule has 2 N–H and O–H groups in total.